The van der Waals surface area contributed by atoms with E-state index < -0.39 is 5.95 Å². The molecule has 0 bridgehead atoms. The maximum atomic E-state index is 12.9. The first kappa shape index (κ1) is 13.7. The number of halogens is 1. The summed E-state index contributed by atoms with van der Waals surface area (Å²) in [5.74, 6) is -0.535. The van der Waals surface area contributed by atoms with Gasteiger partial charge in [0.25, 0.3) is 0 Å². The number of aromatic nitrogens is 2. The second-order valence-corrected chi connectivity index (χ2v) is 3.65. The predicted molar refractivity (Wildman–Crippen MR) is 64.7 cm³/mol. The number of carbonyl (C=O) groups excluding carboxylic acids is 1. The van der Waals surface area contributed by atoms with E-state index in [4.69, 9.17) is 0 Å². The number of ether oxygens (including phenoxy) is 1. The van der Waals surface area contributed by atoms with Crippen molar-refractivity contribution in [2.75, 3.05) is 25.1 Å². The fraction of sp³-hybridized carbons (Fsp3) is 0.500. The van der Waals surface area contributed by atoms with Gasteiger partial charge in [0.15, 0.2) is 0 Å². The number of hydrogen-bond acceptors (Lipinski definition) is 5. The van der Waals surface area contributed by atoms with Crippen LogP contribution in [0.25, 0.3) is 0 Å². The van der Waals surface area contributed by atoms with E-state index in [0.717, 1.165) is 6.20 Å². The third-order valence-electron chi connectivity index (χ3n) is 2.64. The SMILES string of the molecule is COC(=O)[C@H]1CCN(c2cncc(F)n2)C1.S. The van der Waals surface area contributed by atoms with Crippen LogP contribution in [0.4, 0.5) is 10.2 Å². The fourth-order valence-corrected chi connectivity index (χ4v) is 1.81. The number of methoxy groups -OCH3 is 1. The Balaban J connectivity index is 0.00000144. The van der Waals surface area contributed by atoms with Gasteiger partial charge in [0, 0.05) is 13.1 Å². The average Bonchev–Trinajstić information content (AvgIpc) is 2.77. The van der Waals surface area contributed by atoms with Crippen LogP contribution in [0.15, 0.2) is 12.4 Å². The molecule has 1 aliphatic heterocycles. The summed E-state index contributed by atoms with van der Waals surface area (Å²) in [5.41, 5.74) is 0. The molecule has 1 aromatic heterocycles. The van der Waals surface area contributed by atoms with Crippen LogP contribution in [-0.2, 0) is 9.53 Å². The molecular weight excluding hydrogens is 245 g/mol. The van der Waals surface area contributed by atoms with Crippen molar-refractivity contribution in [1.29, 1.82) is 0 Å². The molecule has 1 atom stereocenters. The van der Waals surface area contributed by atoms with Gasteiger partial charge in [-0.15, -0.1) is 0 Å². The van der Waals surface area contributed by atoms with Crippen molar-refractivity contribution in [1.82, 2.24) is 9.97 Å². The highest BCUT2D eigenvalue weighted by Crippen LogP contribution is 2.22. The first-order valence-corrected chi connectivity index (χ1v) is 5.01. The molecule has 0 saturated carbocycles. The van der Waals surface area contributed by atoms with Gasteiger partial charge < -0.3 is 9.64 Å². The molecule has 0 amide bonds. The van der Waals surface area contributed by atoms with Crippen molar-refractivity contribution >= 4 is 25.3 Å². The molecule has 1 aromatic rings. The van der Waals surface area contributed by atoms with E-state index in [-0.39, 0.29) is 25.4 Å². The maximum absolute atomic E-state index is 12.9. The summed E-state index contributed by atoms with van der Waals surface area (Å²) in [5, 5.41) is 0. The Kier molecular flexibility index (Phi) is 4.68. The molecule has 5 nitrogen and oxygen atoms in total. The highest BCUT2D eigenvalue weighted by Gasteiger charge is 2.29. The normalized spacial score (nSPS) is 18.7. The van der Waals surface area contributed by atoms with Gasteiger partial charge in [-0.2, -0.15) is 22.9 Å². The summed E-state index contributed by atoms with van der Waals surface area (Å²) in [6, 6.07) is 0. The van der Waals surface area contributed by atoms with Gasteiger partial charge in [0.1, 0.15) is 5.82 Å². The summed E-state index contributed by atoms with van der Waals surface area (Å²) in [4.78, 5) is 20.6. The van der Waals surface area contributed by atoms with Crippen LogP contribution in [0, 0.1) is 11.9 Å². The molecule has 1 fully saturated rings. The molecule has 2 heterocycles. The van der Waals surface area contributed by atoms with Gasteiger partial charge in [0.05, 0.1) is 25.4 Å². The first-order valence-electron chi connectivity index (χ1n) is 5.01. The summed E-state index contributed by atoms with van der Waals surface area (Å²) in [7, 11) is 1.37. The fourth-order valence-electron chi connectivity index (χ4n) is 1.81. The van der Waals surface area contributed by atoms with Gasteiger partial charge >= 0.3 is 5.97 Å². The Morgan fingerprint density at radius 2 is 2.35 bits per heavy atom. The monoisotopic (exact) mass is 259 g/mol. The van der Waals surface area contributed by atoms with E-state index in [1.807, 2.05) is 4.90 Å². The van der Waals surface area contributed by atoms with Crippen molar-refractivity contribution in [3.8, 4) is 0 Å². The number of carbonyl (C=O) groups is 1. The lowest BCUT2D eigenvalue weighted by Crippen LogP contribution is -2.24. The van der Waals surface area contributed by atoms with Crippen molar-refractivity contribution in [3.63, 3.8) is 0 Å². The predicted octanol–water partition coefficient (Wildman–Crippen LogP) is 0.728. The minimum Gasteiger partial charge on any atom is -0.469 e. The largest absolute Gasteiger partial charge is 0.469 e. The van der Waals surface area contributed by atoms with Crippen molar-refractivity contribution in [2.45, 2.75) is 6.42 Å². The first-order chi connectivity index (χ1) is 7.70. The number of esters is 1. The quantitative estimate of drug-likeness (QED) is 0.733. The Morgan fingerprint density at radius 3 is 3.00 bits per heavy atom. The van der Waals surface area contributed by atoms with Crippen molar-refractivity contribution in [3.05, 3.63) is 18.3 Å². The van der Waals surface area contributed by atoms with Crippen LogP contribution in [-0.4, -0.2) is 36.1 Å². The maximum Gasteiger partial charge on any atom is 0.310 e. The molecule has 1 saturated heterocycles. The van der Waals surface area contributed by atoms with Crippen LogP contribution >= 0.6 is 13.5 Å². The molecular formula is C10H14FN3O2S. The summed E-state index contributed by atoms with van der Waals surface area (Å²) in [6.07, 6.45) is 3.24. The topological polar surface area (TPSA) is 55.3 Å². The second kappa shape index (κ2) is 5.81. The van der Waals surface area contributed by atoms with Gasteiger partial charge in [-0.25, -0.2) is 0 Å². The molecule has 0 unspecified atom stereocenters. The number of anilines is 1. The molecule has 0 radical (unpaired) electrons. The lowest BCUT2D eigenvalue weighted by molar-refractivity contribution is -0.144. The molecule has 17 heavy (non-hydrogen) atoms. The highest BCUT2D eigenvalue weighted by atomic mass is 32.1. The number of nitrogens with zero attached hydrogens (tertiary/aromatic N) is 3. The third-order valence-corrected chi connectivity index (χ3v) is 2.64. The molecule has 94 valence electrons. The molecule has 2 rings (SSSR count). The minimum absolute atomic E-state index is 0. The Hall–Kier alpha value is -1.37. The van der Waals surface area contributed by atoms with E-state index in [9.17, 15) is 9.18 Å². The van der Waals surface area contributed by atoms with Gasteiger partial charge in [-0.05, 0) is 6.42 Å². The lowest BCUT2D eigenvalue weighted by atomic mass is 10.1. The van der Waals surface area contributed by atoms with E-state index in [2.05, 4.69) is 14.7 Å². The zero-order chi connectivity index (χ0) is 11.5. The Bertz CT molecular complexity index is 405. The van der Waals surface area contributed by atoms with Crippen molar-refractivity contribution < 1.29 is 13.9 Å². The number of hydrogen-bond donors (Lipinski definition) is 0. The zero-order valence-electron chi connectivity index (χ0n) is 9.39. The summed E-state index contributed by atoms with van der Waals surface area (Å²) >= 11 is 0. The molecule has 1 aliphatic rings. The zero-order valence-corrected chi connectivity index (χ0v) is 10.4. The second-order valence-electron chi connectivity index (χ2n) is 3.65. The smallest absolute Gasteiger partial charge is 0.310 e. The van der Waals surface area contributed by atoms with Crippen LogP contribution < -0.4 is 4.90 Å². The Labute approximate surface area is 105 Å². The van der Waals surface area contributed by atoms with Gasteiger partial charge in [-0.3, -0.25) is 9.78 Å². The molecule has 0 spiro atoms. The van der Waals surface area contributed by atoms with E-state index in [1.165, 1.54) is 13.3 Å². The van der Waals surface area contributed by atoms with E-state index in [0.29, 0.717) is 25.3 Å². The van der Waals surface area contributed by atoms with Gasteiger partial charge in [-0.1, -0.05) is 0 Å². The lowest BCUT2D eigenvalue weighted by Gasteiger charge is -2.16. The summed E-state index contributed by atoms with van der Waals surface area (Å²) in [6.45, 7) is 1.17. The summed E-state index contributed by atoms with van der Waals surface area (Å²) < 4.78 is 17.5. The highest BCUT2D eigenvalue weighted by molar-refractivity contribution is 7.59. The molecule has 0 N–H and O–H groups in total. The standard InChI is InChI=1S/C10H12FN3O2.H2S/c1-16-10(15)7-2-3-14(6-7)9-5-12-4-8(11)13-9;/h4-5,7H,2-3,6H2,1H3;1H2/t7-;/m0./s1. The molecule has 7 heteroatoms. The minimum atomic E-state index is -0.612. The van der Waals surface area contributed by atoms with E-state index >= 15 is 0 Å². The van der Waals surface area contributed by atoms with Crippen LogP contribution in [0.2, 0.25) is 0 Å². The van der Waals surface area contributed by atoms with Crippen LogP contribution in [0.3, 0.4) is 0 Å². The molecule has 0 aliphatic carbocycles. The molecule has 0 aromatic carbocycles. The Morgan fingerprint density at radius 1 is 1.59 bits per heavy atom. The van der Waals surface area contributed by atoms with Crippen molar-refractivity contribution in [2.24, 2.45) is 5.92 Å². The van der Waals surface area contributed by atoms with Gasteiger partial charge in [0.2, 0.25) is 5.95 Å². The van der Waals surface area contributed by atoms with E-state index in [1.54, 1.807) is 0 Å². The number of rotatable bonds is 2. The van der Waals surface area contributed by atoms with Crippen LogP contribution in [0.1, 0.15) is 6.42 Å². The van der Waals surface area contributed by atoms with Crippen LogP contribution in [0.5, 0.6) is 0 Å². The average molecular weight is 259 g/mol. The third kappa shape index (κ3) is 3.06.